The van der Waals surface area contributed by atoms with E-state index in [2.05, 4.69) is 79.9 Å². The standard InChI is InChI=1S/C47H79NO13/c1-3-5-7-9-11-13-14-15-16-17-18-19-20-21-22-23-25-27-29-31-39(52)48-35(36(51)30-28-26-24-12-10-8-6-4-2)34-58-46-44(57)42(55)45(38(33-50)60-46)61-47-43(56)41(54)40(53)37(32-49)59-47/h5,7,11,13,15-16,18-19,21-22,25,27,35-38,40-47,49-51,53-57H,3-4,6,8-10,12,14,17,20,23-24,26,28-34H2,1-2H3,(H,48,52)/b7-5-,13-11-,16-15-,19-18-,22-21-,27-25-. The van der Waals surface area contributed by atoms with Crippen molar-refractivity contribution in [2.75, 3.05) is 19.8 Å². The summed E-state index contributed by atoms with van der Waals surface area (Å²) in [7, 11) is 0. The van der Waals surface area contributed by atoms with Gasteiger partial charge in [-0.05, 0) is 51.4 Å². The molecule has 2 heterocycles. The van der Waals surface area contributed by atoms with Crippen LogP contribution < -0.4 is 5.32 Å². The van der Waals surface area contributed by atoms with E-state index in [9.17, 15) is 45.6 Å². The van der Waals surface area contributed by atoms with E-state index in [4.69, 9.17) is 18.9 Å². The minimum atomic E-state index is -1.79. The van der Waals surface area contributed by atoms with Crippen LogP contribution in [-0.2, 0) is 23.7 Å². The van der Waals surface area contributed by atoms with E-state index < -0.39 is 86.8 Å². The smallest absolute Gasteiger partial charge is 0.220 e. The van der Waals surface area contributed by atoms with Gasteiger partial charge in [0.2, 0.25) is 5.91 Å². The van der Waals surface area contributed by atoms with Crippen LogP contribution in [0.4, 0.5) is 0 Å². The second-order valence-corrected chi connectivity index (χ2v) is 15.8. The van der Waals surface area contributed by atoms with Gasteiger partial charge < -0.3 is 65.1 Å². The fraction of sp³-hybridized carbons (Fsp3) is 0.723. The second-order valence-electron chi connectivity index (χ2n) is 15.8. The number of unbranched alkanes of at least 4 members (excludes halogenated alkanes) is 7. The van der Waals surface area contributed by atoms with Crippen molar-refractivity contribution < 1.29 is 64.6 Å². The SMILES string of the molecule is CC/C=C\C/C=C\C/C=C\C/C=C\C/C=C\C/C=C\CCC(=O)NC(COC1OC(CO)C(OC2OC(CO)C(O)C(O)C2O)C(O)C1O)C(O)CCCCCCCCCC. The molecule has 0 aromatic rings. The first-order valence-electron chi connectivity index (χ1n) is 22.7. The highest BCUT2D eigenvalue weighted by atomic mass is 16.7. The number of hydrogen-bond donors (Lipinski definition) is 9. The number of rotatable bonds is 32. The third kappa shape index (κ3) is 22.1. The summed E-state index contributed by atoms with van der Waals surface area (Å²) in [6.07, 6.45) is 23.7. The molecule has 0 aliphatic carbocycles. The Morgan fingerprint density at radius 3 is 1.64 bits per heavy atom. The van der Waals surface area contributed by atoms with Gasteiger partial charge in [-0.25, -0.2) is 0 Å². The number of ether oxygens (including phenoxy) is 4. The fourth-order valence-corrected chi connectivity index (χ4v) is 6.96. The minimum Gasteiger partial charge on any atom is -0.394 e. The van der Waals surface area contributed by atoms with Crippen molar-refractivity contribution in [2.45, 2.75) is 197 Å². The third-order valence-corrected chi connectivity index (χ3v) is 10.7. The lowest BCUT2D eigenvalue weighted by Crippen LogP contribution is -2.65. The van der Waals surface area contributed by atoms with Crippen molar-refractivity contribution in [1.29, 1.82) is 0 Å². The Kier molecular flexibility index (Phi) is 30.3. The maximum atomic E-state index is 13.1. The molecule has 12 atom stereocenters. The topological polar surface area (TPSA) is 228 Å². The van der Waals surface area contributed by atoms with Gasteiger partial charge in [0.15, 0.2) is 12.6 Å². The number of amides is 1. The van der Waals surface area contributed by atoms with E-state index in [1.54, 1.807) is 0 Å². The molecule has 2 rings (SSSR count). The Balaban J connectivity index is 1.88. The molecular formula is C47H79NO13. The van der Waals surface area contributed by atoms with Gasteiger partial charge in [0.1, 0.15) is 48.8 Å². The van der Waals surface area contributed by atoms with Gasteiger partial charge in [0.05, 0.1) is 32.0 Å². The summed E-state index contributed by atoms with van der Waals surface area (Å²) in [5.41, 5.74) is 0. The van der Waals surface area contributed by atoms with Crippen LogP contribution >= 0.6 is 0 Å². The van der Waals surface area contributed by atoms with E-state index in [1.807, 2.05) is 12.2 Å². The Bertz CT molecular complexity index is 1300. The molecular weight excluding hydrogens is 787 g/mol. The summed E-state index contributed by atoms with van der Waals surface area (Å²) in [6, 6.07) is -0.870. The summed E-state index contributed by atoms with van der Waals surface area (Å²) in [5.74, 6) is -0.297. The van der Waals surface area contributed by atoms with Crippen LogP contribution in [0.3, 0.4) is 0 Å². The number of nitrogens with one attached hydrogen (secondary N) is 1. The first-order chi connectivity index (χ1) is 29.6. The third-order valence-electron chi connectivity index (χ3n) is 10.7. The average Bonchev–Trinajstić information content (AvgIpc) is 3.26. The molecule has 2 saturated heterocycles. The van der Waals surface area contributed by atoms with Gasteiger partial charge in [-0.3, -0.25) is 4.79 Å². The van der Waals surface area contributed by atoms with Crippen molar-refractivity contribution >= 4 is 5.91 Å². The van der Waals surface area contributed by atoms with Crippen LogP contribution in [0.1, 0.15) is 123 Å². The van der Waals surface area contributed by atoms with Crippen molar-refractivity contribution in [3.63, 3.8) is 0 Å². The maximum Gasteiger partial charge on any atom is 0.220 e. The number of aliphatic hydroxyl groups is 8. The predicted octanol–water partition coefficient (Wildman–Crippen LogP) is 4.48. The molecule has 14 heteroatoms. The van der Waals surface area contributed by atoms with Gasteiger partial charge in [-0.1, -0.05) is 138 Å². The molecule has 61 heavy (non-hydrogen) atoms. The first kappa shape index (κ1) is 54.6. The molecule has 1 amide bonds. The first-order valence-corrected chi connectivity index (χ1v) is 22.7. The molecule has 9 N–H and O–H groups in total. The van der Waals surface area contributed by atoms with Gasteiger partial charge in [-0.2, -0.15) is 0 Å². The lowest BCUT2D eigenvalue weighted by atomic mass is 9.97. The average molecular weight is 866 g/mol. The molecule has 0 bridgehead atoms. The van der Waals surface area contributed by atoms with E-state index in [0.717, 1.165) is 64.2 Å². The van der Waals surface area contributed by atoms with Gasteiger partial charge in [0.25, 0.3) is 0 Å². The normalized spacial score (nSPS) is 28.7. The Morgan fingerprint density at radius 1 is 0.607 bits per heavy atom. The summed E-state index contributed by atoms with van der Waals surface area (Å²) in [4.78, 5) is 13.1. The Morgan fingerprint density at radius 2 is 1.10 bits per heavy atom. The summed E-state index contributed by atoms with van der Waals surface area (Å²) in [5, 5.41) is 86.4. The van der Waals surface area contributed by atoms with Crippen molar-refractivity contribution in [3.05, 3.63) is 72.9 Å². The molecule has 12 unspecified atom stereocenters. The zero-order valence-electron chi connectivity index (χ0n) is 36.6. The molecule has 0 aromatic heterocycles. The molecule has 350 valence electrons. The molecule has 2 aliphatic rings. The van der Waals surface area contributed by atoms with E-state index in [0.29, 0.717) is 12.8 Å². The summed E-state index contributed by atoms with van der Waals surface area (Å²) < 4.78 is 22.6. The van der Waals surface area contributed by atoms with Gasteiger partial charge >= 0.3 is 0 Å². The highest BCUT2D eigenvalue weighted by Crippen LogP contribution is 2.30. The van der Waals surface area contributed by atoms with Crippen LogP contribution in [0.5, 0.6) is 0 Å². The quantitative estimate of drug-likeness (QED) is 0.0336. The van der Waals surface area contributed by atoms with Crippen LogP contribution in [0, 0.1) is 0 Å². The zero-order chi connectivity index (χ0) is 44.7. The zero-order valence-corrected chi connectivity index (χ0v) is 36.6. The number of allylic oxidation sites excluding steroid dienone is 12. The molecule has 0 aromatic carbocycles. The van der Waals surface area contributed by atoms with Crippen molar-refractivity contribution in [2.24, 2.45) is 0 Å². The summed E-state index contributed by atoms with van der Waals surface area (Å²) in [6.45, 7) is 2.60. The molecule has 14 nitrogen and oxygen atoms in total. The van der Waals surface area contributed by atoms with E-state index in [-0.39, 0.29) is 18.9 Å². The Hall–Kier alpha value is -2.57. The highest BCUT2D eigenvalue weighted by molar-refractivity contribution is 5.76. The van der Waals surface area contributed by atoms with Crippen LogP contribution in [-0.4, -0.2) is 140 Å². The number of hydrogen-bond acceptors (Lipinski definition) is 13. The number of carbonyl (C=O) groups excluding carboxylic acids is 1. The van der Waals surface area contributed by atoms with Crippen LogP contribution in [0.2, 0.25) is 0 Å². The molecule has 0 radical (unpaired) electrons. The van der Waals surface area contributed by atoms with Crippen LogP contribution in [0.25, 0.3) is 0 Å². The van der Waals surface area contributed by atoms with E-state index >= 15 is 0 Å². The van der Waals surface area contributed by atoms with Crippen molar-refractivity contribution in [3.8, 4) is 0 Å². The van der Waals surface area contributed by atoms with Gasteiger partial charge in [-0.15, -0.1) is 0 Å². The molecule has 2 aliphatic heterocycles. The summed E-state index contributed by atoms with van der Waals surface area (Å²) >= 11 is 0. The molecule has 0 saturated carbocycles. The largest absolute Gasteiger partial charge is 0.394 e. The van der Waals surface area contributed by atoms with Crippen LogP contribution in [0.15, 0.2) is 72.9 Å². The maximum absolute atomic E-state index is 13.1. The fourth-order valence-electron chi connectivity index (χ4n) is 6.96. The Labute approximate surface area is 364 Å². The number of aliphatic hydroxyl groups excluding tert-OH is 8. The highest BCUT2D eigenvalue weighted by Gasteiger charge is 2.51. The molecule has 0 spiro atoms. The lowest BCUT2D eigenvalue weighted by Gasteiger charge is -2.46. The monoisotopic (exact) mass is 866 g/mol. The van der Waals surface area contributed by atoms with Gasteiger partial charge in [0, 0.05) is 6.42 Å². The second kappa shape index (κ2) is 33.9. The predicted molar refractivity (Wildman–Crippen MR) is 235 cm³/mol. The molecule has 2 fully saturated rings. The van der Waals surface area contributed by atoms with Crippen molar-refractivity contribution in [1.82, 2.24) is 5.32 Å². The minimum absolute atomic E-state index is 0.175. The van der Waals surface area contributed by atoms with E-state index in [1.165, 1.54) is 25.7 Å². The number of carbonyl (C=O) groups is 1. The lowest BCUT2D eigenvalue weighted by molar-refractivity contribution is -0.359.